The minimum atomic E-state index is -0.173. The highest BCUT2D eigenvalue weighted by Crippen LogP contribution is 2.28. The van der Waals surface area contributed by atoms with Crippen LogP contribution in [0.15, 0.2) is 24.3 Å². The maximum Gasteiger partial charge on any atom is 0.123 e. The zero-order valence-electron chi connectivity index (χ0n) is 11.3. The fraction of sp³-hybridized carbons (Fsp3) is 0.600. The molecule has 1 atom stereocenters. The molecular weight excluding hydrogens is 227 g/mol. The van der Waals surface area contributed by atoms with Gasteiger partial charge in [-0.1, -0.05) is 12.8 Å². The largest absolute Gasteiger partial charge is 0.373 e. The molecule has 1 fully saturated rings. The van der Waals surface area contributed by atoms with Crippen molar-refractivity contribution in [3.63, 3.8) is 0 Å². The monoisotopic (exact) mass is 250 g/mol. The van der Waals surface area contributed by atoms with Crippen LogP contribution >= 0.6 is 0 Å². The molecule has 2 nitrogen and oxygen atoms in total. The van der Waals surface area contributed by atoms with E-state index in [-0.39, 0.29) is 5.82 Å². The number of nitrogens with one attached hydrogen (secondary N) is 1. The smallest absolute Gasteiger partial charge is 0.123 e. The summed E-state index contributed by atoms with van der Waals surface area (Å²) in [7, 11) is 4.12. The summed E-state index contributed by atoms with van der Waals surface area (Å²) in [5.41, 5.74) is 1.08. The summed E-state index contributed by atoms with van der Waals surface area (Å²) in [5.74, 6) is 0.617. The molecule has 0 radical (unpaired) electrons. The van der Waals surface area contributed by atoms with Crippen molar-refractivity contribution in [2.75, 3.05) is 25.5 Å². The van der Waals surface area contributed by atoms with Crippen molar-refractivity contribution in [2.45, 2.75) is 31.7 Å². The lowest BCUT2D eigenvalue weighted by Gasteiger charge is -2.29. The predicted octanol–water partition coefficient (Wildman–Crippen LogP) is 3.04. The van der Waals surface area contributed by atoms with E-state index in [1.165, 1.54) is 37.8 Å². The molecule has 1 unspecified atom stereocenters. The van der Waals surface area contributed by atoms with Crippen LogP contribution in [-0.4, -0.2) is 26.7 Å². The molecule has 3 heteroatoms. The number of halogens is 1. The first kappa shape index (κ1) is 13.3. The molecule has 0 amide bonds. The van der Waals surface area contributed by atoms with Crippen LogP contribution in [0.2, 0.25) is 0 Å². The van der Waals surface area contributed by atoms with Gasteiger partial charge in [0.15, 0.2) is 0 Å². The molecule has 0 heterocycles. The van der Waals surface area contributed by atoms with Crippen molar-refractivity contribution in [1.29, 1.82) is 0 Å². The Morgan fingerprint density at radius 1 is 1.28 bits per heavy atom. The van der Waals surface area contributed by atoms with Crippen molar-refractivity contribution >= 4 is 5.69 Å². The van der Waals surface area contributed by atoms with Crippen molar-refractivity contribution in [3.05, 3.63) is 30.1 Å². The van der Waals surface area contributed by atoms with E-state index in [0.29, 0.717) is 6.04 Å². The van der Waals surface area contributed by atoms with Crippen molar-refractivity contribution < 1.29 is 4.39 Å². The lowest BCUT2D eigenvalue weighted by atomic mass is 9.97. The van der Waals surface area contributed by atoms with Crippen molar-refractivity contribution in [1.82, 2.24) is 5.32 Å². The van der Waals surface area contributed by atoms with Crippen LogP contribution in [0.5, 0.6) is 0 Å². The zero-order chi connectivity index (χ0) is 13.0. The summed E-state index contributed by atoms with van der Waals surface area (Å²) in [4.78, 5) is 2.21. The third-order valence-corrected chi connectivity index (χ3v) is 4.08. The van der Waals surface area contributed by atoms with Gasteiger partial charge in [-0.25, -0.2) is 4.39 Å². The van der Waals surface area contributed by atoms with Crippen LogP contribution < -0.4 is 10.2 Å². The Balaban J connectivity index is 1.96. The van der Waals surface area contributed by atoms with Gasteiger partial charge in [-0.15, -0.1) is 0 Å². The van der Waals surface area contributed by atoms with Crippen LogP contribution in [0.1, 0.15) is 25.7 Å². The summed E-state index contributed by atoms with van der Waals surface area (Å²) in [6, 6.07) is 7.27. The van der Waals surface area contributed by atoms with Crippen LogP contribution in [0.3, 0.4) is 0 Å². The molecule has 1 aromatic carbocycles. The number of likely N-dealkylation sites (N-methyl/N-ethyl adjacent to an activating group) is 2. The lowest BCUT2D eigenvalue weighted by Crippen LogP contribution is -2.42. The molecule has 0 saturated heterocycles. The van der Waals surface area contributed by atoms with Crippen LogP contribution in [-0.2, 0) is 0 Å². The fourth-order valence-corrected chi connectivity index (χ4v) is 2.93. The van der Waals surface area contributed by atoms with E-state index in [1.54, 1.807) is 0 Å². The lowest BCUT2D eigenvalue weighted by molar-refractivity contribution is 0.382. The second-order valence-electron chi connectivity index (χ2n) is 5.30. The number of benzene rings is 1. The molecule has 1 aliphatic carbocycles. The van der Waals surface area contributed by atoms with E-state index in [9.17, 15) is 4.39 Å². The summed E-state index contributed by atoms with van der Waals surface area (Å²) in [5, 5.41) is 3.44. The Hall–Kier alpha value is -1.09. The molecule has 18 heavy (non-hydrogen) atoms. The Kier molecular flexibility index (Phi) is 4.59. The highest BCUT2D eigenvalue weighted by Gasteiger charge is 2.24. The fourth-order valence-electron chi connectivity index (χ4n) is 2.93. The number of nitrogens with zero attached hydrogens (tertiary/aromatic N) is 1. The molecule has 1 aromatic rings. The summed E-state index contributed by atoms with van der Waals surface area (Å²) >= 11 is 0. The molecule has 1 aliphatic rings. The van der Waals surface area contributed by atoms with Crippen molar-refractivity contribution in [2.24, 2.45) is 5.92 Å². The maximum atomic E-state index is 12.9. The predicted molar refractivity (Wildman–Crippen MR) is 74.5 cm³/mol. The Labute approximate surface area is 109 Å². The highest BCUT2D eigenvalue weighted by atomic mass is 19.1. The van der Waals surface area contributed by atoms with E-state index in [0.717, 1.165) is 18.2 Å². The van der Waals surface area contributed by atoms with Gasteiger partial charge in [0, 0.05) is 25.3 Å². The minimum absolute atomic E-state index is 0.173. The van der Waals surface area contributed by atoms with Crippen LogP contribution in [0.4, 0.5) is 10.1 Å². The molecule has 1 saturated carbocycles. The standard InChI is InChI=1S/C15H23FN2/c1-17-15(12-5-3-4-6-12)11-18(2)14-9-7-13(16)8-10-14/h7-10,12,15,17H,3-6,11H2,1-2H3. The number of anilines is 1. The van der Waals surface area contributed by atoms with E-state index in [2.05, 4.69) is 17.3 Å². The third kappa shape index (κ3) is 3.22. The minimum Gasteiger partial charge on any atom is -0.373 e. The normalized spacial score (nSPS) is 17.9. The van der Waals surface area contributed by atoms with Gasteiger partial charge in [-0.2, -0.15) is 0 Å². The maximum absolute atomic E-state index is 12.9. The van der Waals surface area contributed by atoms with Gasteiger partial charge in [0.2, 0.25) is 0 Å². The second kappa shape index (κ2) is 6.19. The third-order valence-electron chi connectivity index (χ3n) is 4.08. The first-order valence-corrected chi connectivity index (χ1v) is 6.84. The van der Waals surface area contributed by atoms with E-state index in [4.69, 9.17) is 0 Å². The van der Waals surface area contributed by atoms with E-state index in [1.807, 2.05) is 19.2 Å². The van der Waals surface area contributed by atoms with Gasteiger partial charge in [-0.3, -0.25) is 0 Å². The SMILES string of the molecule is CNC(CN(C)c1ccc(F)cc1)C1CCCC1. The summed E-state index contributed by atoms with van der Waals surface area (Å²) in [6.45, 7) is 0.979. The molecule has 0 bridgehead atoms. The number of hydrogen-bond donors (Lipinski definition) is 1. The second-order valence-corrected chi connectivity index (χ2v) is 5.30. The first-order valence-electron chi connectivity index (χ1n) is 6.84. The highest BCUT2D eigenvalue weighted by molar-refractivity contribution is 5.45. The van der Waals surface area contributed by atoms with Gasteiger partial charge in [-0.05, 0) is 50.1 Å². The van der Waals surface area contributed by atoms with Crippen molar-refractivity contribution in [3.8, 4) is 0 Å². The molecule has 0 spiro atoms. The van der Waals surface area contributed by atoms with Crippen LogP contribution in [0, 0.1) is 11.7 Å². The van der Waals surface area contributed by atoms with E-state index >= 15 is 0 Å². The molecule has 0 aliphatic heterocycles. The molecule has 0 aromatic heterocycles. The molecular formula is C15H23FN2. The molecule has 2 rings (SSSR count). The van der Waals surface area contributed by atoms with Gasteiger partial charge >= 0.3 is 0 Å². The Bertz CT molecular complexity index is 357. The molecule has 1 N–H and O–H groups in total. The Morgan fingerprint density at radius 3 is 2.44 bits per heavy atom. The number of rotatable bonds is 5. The first-order chi connectivity index (χ1) is 8.70. The van der Waals surface area contributed by atoms with Gasteiger partial charge in [0.05, 0.1) is 0 Å². The van der Waals surface area contributed by atoms with Crippen LogP contribution in [0.25, 0.3) is 0 Å². The average molecular weight is 250 g/mol. The molecule has 100 valence electrons. The zero-order valence-corrected chi connectivity index (χ0v) is 11.3. The van der Waals surface area contributed by atoms with Gasteiger partial charge in [0.25, 0.3) is 0 Å². The summed E-state index contributed by atoms with van der Waals surface area (Å²) < 4.78 is 12.9. The van der Waals surface area contributed by atoms with Gasteiger partial charge in [0.1, 0.15) is 5.82 Å². The summed E-state index contributed by atoms with van der Waals surface area (Å²) in [6.07, 6.45) is 5.40. The van der Waals surface area contributed by atoms with Gasteiger partial charge < -0.3 is 10.2 Å². The van der Waals surface area contributed by atoms with E-state index < -0.39 is 0 Å². The average Bonchev–Trinajstić information content (AvgIpc) is 2.90. The quantitative estimate of drug-likeness (QED) is 0.864. The topological polar surface area (TPSA) is 15.3 Å². The Morgan fingerprint density at radius 2 is 1.89 bits per heavy atom. The number of hydrogen-bond acceptors (Lipinski definition) is 2.